The molecule has 0 aliphatic carbocycles. The van der Waals surface area contributed by atoms with Crippen molar-refractivity contribution in [2.45, 2.75) is 45.1 Å². The Morgan fingerprint density at radius 3 is 2.48 bits per heavy atom. The molecule has 1 N–H and O–H groups in total. The molecule has 0 radical (unpaired) electrons. The van der Waals surface area contributed by atoms with Gasteiger partial charge in [-0.25, -0.2) is 8.42 Å². The van der Waals surface area contributed by atoms with Crippen molar-refractivity contribution >= 4 is 21.4 Å². The minimum atomic E-state index is -2.90. The second-order valence-corrected chi connectivity index (χ2v) is 9.35. The first-order chi connectivity index (χ1) is 9.57. The van der Waals surface area contributed by atoms with Gasteiger partial charge in [0.05, 0.1) is 0 Å². The lowest BCUT2D eigenvalue weighted by atomic mass is 9.93. The fraction of sp³-hybridized carbons (Fsp3) is 0.625. The molecule has 1 atom stereocenters. The smallest absolute Gasteiger partial charge is 0.147 e. The van der Waals surface area contributed by atoms with Crippen molar-refractivity contribution in [3.63, 3.8) is 0 Å². The van der Waals surface area contributed by atoms with Crippen LogP contribution in [0.15, 0.2) is 24.3 Å². The van der Waals surface area contributed by atoms with Crippen LogP contribution >= 0.6 is 11.6 Å². The van der Waals surface area contributed by atoms with Crippen molar-refractivity contribution in [2.24, 2.45) is 0 Å². The first-order valence-corrected chi connectivity index (χ1v) is 9.69. The number of nitrogens with one attached hydrogen (secondary N) is 1. The predicted molar refractivity (Wildman–Crippen MR) is 90.9 cm³/mol. The Bertz CT molecular complexity index is 550. The van der Waals surface area contributed by atoms with Crippen LogP contribution in [-0.4, -0.2) is 32.5 Å². The van der Waals surface area contributed by atoms with Gasteiger partial charge in [0.15, 0.2) is 0 Å². The SMILES string of the molecule is CC(C)(C)NCC(CCCS(C)(=O)=O)c1cccc(Cl)c1. The molecule has 0 aromatic heterocycles. The zero-order chi connectivity index (χ0) is 16.1. The lowest BCUT2D eigenvalue weighted by Gasteiger charge is -2.26. The Morgan fingerprint density at radius 1 is 1.29 bits per heavy atom. The summed E-state index contributed by atoms with van der Waals surface area (Å²) >= 11 is 6.07. The molecule has 0 saturated carbocycles. The molecule has 0 saturated heterocycles. The second-order valence-electron chi connectivity index (χ2n) is 6.65. The van der Waals surface area contributed by atoms with Gasteiger partial charge in [-0.15, -0.1) is 0 Å². The summed E-state index contributed by atoms with van der Waals surface area (Å²) in [7, 11) is -2.90. The van der Waals surface area contributed by atoms with E-state index in [1.54, 1.807) is 0 Å². The van der Waals surface area contributed by atoms with Crippen LogP contribution in [0.4, 0.5) is 0 Å². The van der Waals surface area contributed by atoms with Gasteiger partial charge >= 0.3 is 0 Å². The highest BCUT2D eigenvalue weighted by Crippen LogP contribution is 2.24. The minimum absolute atomic E-state index is 0.0354. The van der Waals surface area contributed by atoms with Gasteiger partial charge in [-0.05, 0) is 57.2 Å². The van der Waals surface area contributed by atoms with E-state index in [0.29, 0.717) is 6.42 Å². The Labute approximate surface area is 134 Å². The van der Waals surface area contributed by atoms with Gasteiger partial charge < -0.3 is 5.32 Å². The molecule has 0 amide bonds. The molecule has 1 rings (SSSR count). The number of benzene rings is 1. The third-order valence-corrected chi connectivity index (χ3v) is 4.53. The summed E-state index contributed by atoms with van der Waals surface area (Å²) in [6.45, 7) is 7.18. The van der Waals surface area contributed by atoms with Crippen LogP contribution in [0.1, 0.15) is 45.1 Å². The normalized spacial score (nSPS) is 14.1. The van der Waals surface area contributed by atoms with Gasteiger partial charge in [-0.1, -0.05) is 23.7 Å². The monoisotopic (exact) mass is 331 g/mol. The van der Waals surface area contributed by atoms with Crippen LogP contribution < -0.4 is 5.32 Å². The Balaban J connectivity index is 2.74. The molecule has 3 nitrogen and oxygen atoms in total. The molecule has 0 bridgehead atoms. The summed E-state index contributed by atoms with van der Waals surface area (Å²) in [4.78, 5) is 0. The van der Waals surface area contributed by atoms with E-state index < -0.39 is 9.84 Å². The summed E-state index contributed by atoms with van der Waals surface area (Å²) in [5.41, 5.74) is 1.20. The van der Waals surface area contributed by atoms with Crippen LogP contribution in [0.5, 0.6) is 0 Å². The van der Waals surface area contributed by atoms with Crippen molar-refractivity contribution in [3.05, 3.63) is 34.9 Å². The van der Waals surface area contributed by atoms with Crippen molar-refractivity contribution in [1.82, 2.24) is 5.32 Å². The van der Waals surface area contributed by atoms with Crippen molar-refractivity contribution in [3.8, 4) is 0 Å². The third kappa shape index (κ3) is 8.44. The Morgan fingerprint density at radius 2 is 1.95 bits per heavy atom. The maximum absolute atomic E-state index is 11.3. The maximum Gasteiger partial charge on any atom is 0.147 e. The zero-order valence-corrected chi connectivity index (χ0v) is 14.9. The molecule has 0 aliphatic heterocycles. The van der Waals surface area contributed by atoms with Crippen molar-refractivity contribution in [2.75, 3.05) is 18.6 Å². The average Bonchev–Trinajstić information content (AvgIpc) is 2.30. The molecule has 1 aromatic rings. The molecule has 0 heterocycles. The number of halogens is 1. The maximum atomic E-state index is 11.3. The quantitative estimate of drug-likeness (QED) is 0.829. The second kappa shape index (κ2) is 7.61. The molecular formula is C16H26ClNO2S. The van der Waals surface area contributed by atoms with Gasteiger partial charge in [0.25, 0.3) is 0 Å². The molecule has 1 aromatic carbocycles. The summed E-state index contributed by atoms with van der Waals surface area (Å²) < 4.78 is 22.6. The standard InChI is InChI=1S/C16H26ClNO2S/c1-16(2,3)18-12-14(8-6-10-21(4,19)20)13-7-5-9-15(17)11-13/h5,7,9,11,14,18H,6,8,10,12H2,1-4H3. The molecule has 5 heteroatoms. The van der Waals surface area contributed by atoms with Gasteiger partial charge in [0, 0.05) is 29.1 Å². The fourth-order valence-corrected chi connectivity index (χ4v) is 3.06. The lowest BCUT2D eigenvalue weighted by molar-refractivity contribution is 0.398. The van der Waals surface area contributed by atoms with Crippen molar-refractivity contribution in [1.29, 1.82) is 0 Å². The van der Waals surface area contributed by atoms with Crippen LogP contribution in [0.3, 0.4) is 0 Å². The van der Waals surface area contributed by atoms with E-state index in [4.69, 9.17) is 11.6 Å². The Kier molecular flexibility index (Phi) is 6.70. The highest BCUT2D eigenvalue weighted by Gasteiger charge is 2.17. The van der Waals surface area contributed by atoms with Crippen LogP contribution in [-0.2, 0) is 9.84 Å². The fourth-order valence-electron chi connectivity index (χ4n) is 2.17. The number of hydrogen-bond donors (Lipinski definition) is 1. The number of rotatable bonds is 7. The summed E-state index contributed by atoms with van der Waals surface area (Å²) in [6, 6.07) is 7.83. The van der Waals surface area contributed by atoms with E-state index in [9.17, 15) is 8.42 Å². The van der Waals surface area contributed by atoms with E-state index >= 15 is 0 Å². The van der Waals surface area contributed by atoms with E-state index in [1.807, 2.05) is 18.2 Å². The Hall–Kier alpha value is -0.580. The van der Waals surface area contributed by atoms with E-state index in [1.165, 1.54) is 6.26 Å². The molecule has 1 unspecified atom stereocenters. The van der Waals surface area contributed by atoms with Gasteiger partial charge in [-0.2, -0.15) is 0 Å². The molecule has 0 fully saturated rings. The van der Waals surface area contributed by atoms with Gasteiger partial charge in [0.2, 0.25) is 0 Å². The largest absolute Gasteiger partial charge is 0.311 e. The summed E-state index contributed by atoms with van der Waals surface area (Å²) in [5.74, 6) is 0.504. The summed E-state index contributed by atoms with van der Waals surface area (Å²) in [6.07, 6.45) is 2.78. The lowest BCUT2D eigenvalue weighted by Crippen LogP contribution is -2.38. The van der Waals surface area contributed by atoms with Gasteiger partial charge in [0.1, 0.15) is 9.84 Å². The van der Waals surface area contributed by atoms with Gasteiger partial charge in [-0.3, -0.25) is 0 Å². The topological polar surface area (TPSA) is 46.2 Å². The third-order valence-electron chi connectivity index (χ3n) is 3.27. The zero-order valence-electron chi connectivity index (χ0n) is 13.3. The molecule has 0 spiro atoms. The van der Waals surface area contributed by atoms with Crippen LogP contribution in [0.25, 0.3) is 0 Å². The number of sulfone groups is 1. The highest BCUT2D eigenvalue weighted by atomic mass is 35.5. The predicted octanol–water partition coefficient (Wildman–Crippen LogP) is 3.64. The molecule has 120 valence electrons. The number of hydrogen-bond acceptors (Lipinski definition) is 3. The highest BCUT2D eigenvalue weighted by molar-refractivity contribution is 7.90. The van der Waals surface area contributed by atoms with Crippen LogP contribution in [0.2, 0.25) is 5.02 Å². The first-order valence-electron chi connectivity index (χ1n) is 7.25. The minimum Gasteiger partial charge on any atom is -0.311 e. The summed E-state index contributed by atoms with van der Waals surface area (Å²) in [5, 5.41) is 4.21. The molecule has 21 heavy (non-hydrogen) atoms. The van der Waals surface area contributed by atoms with E-state index in [2.05, 4.69) is 32.2 Å². The molecule has 0 aliphatic rings. The average molecular weight is 332 g/mol. The van der Waals surface area contributed by atoms with Crippen molar-refractivity contribution < 1.29 is 8.42 Å². The molecular weight excluding hydrogens is 306 g/mol. The first kappa shape index (κ1) is 18.5. The van der Waals surface area contributed by atoms with E-state index in [0.717, 1.165) is 23.6 Å². The van der Waals surface area contributed by atoms with E-state index in [-0.39, 0.29) is 17.2 Å². The van der Waals surface area contributed by atoms with Crippen LogP contribution in [0, 0.1) is 0 Å².